The number of imidazole rings is 2. The Kier molecular flexibility index (Phi) is 13.9. The number of methoxy groups -OCH3 is 2. The van der Waals surface area contributed by atoms with Gasteiger partial charge in [-0.05, 0) is 67.2 Å². The summed E-state index contributed by atoms with van der Waals surface area (Å²) in [6, 6.07) is 15.9. The molecule has 2 aromatic carbocycles. The summed E-state index contributed by atoms with van der Waals surface area (Å²) >= 11 is 0. The highest BCUT2D eigenvalue weighted by Crippen LogP contribution is 2.35. The summed E-state index contributed by atoms with van der Waals surface area (Å²) in [5, 5.41) is 5.25. The summed E-state index contributed by atoms with van der Waals surface area (Å²) in [5.41, 5.74) is 5.76. The monoisotopic (exact) mass is 795 g/mol. The Morgan fingerprint density at radius 1 is 0.845 bits per heavy atom. The van der Waals surface area contributed by atoms with Gasteiger partial charge in [-0.15, -0.1) is 0 Å². The summed E-state index contributed by atoms with van der Waals surface area (Å²) in [5.74, 6) is 0.973. The maximum Gasteiger partial charge on any atom is 0.407 e. The SMILES string of the molecule is CCCCN(C(=O)CNC(=O)OC)C(c1ncc(-c2ccc(-c3ccc(-c4cnc([C@@H]5CCCN5C(=O)[C@@H](NC(=O)OC)C(C)C)[nH]4)cc3)cc2)[nH]1)N1CCC[C@H]1C. The molecule has 0 bridgehead atoms. The minimum absolute atomic E-state index is 0.107. The molecule has 310 valence electrons. The van der Waals surface area contributed by atoms with E-state index in [4.69, 9.17) is 14.5 Å². The quantitative estimate of drug-likeness (QED) is 0.103. The predicted molar refractivity (Wildman–Crippen MR) is 220 cm³/mol. The first-order valence-electron chi connectivity index (χ1n) is 20.4. The van der Waals surface area contributed by atoms with Crippen LogP contribution in [0.25, 0.3) is 33.6 Å². The smallest absolute Gasteiger partial charge is 0.407 e. The van der Waals surface area contributed by atoms with E-state index in [-0.39, 0.29) is 36.4 Å². The minimum Gasteiger partial charge on any atom is -0.453 e. The number of nitrogens with one attached hydrogen (secondary N) is 4. The van der Waals surface area contributed by atoms with E-state index in [0.717, 1.165) is 84.5 Å². The number of hydrogen-bond donors (Lipinski definition) is 4. The third-order valence-electron chi connectivity index (χ3n) is 11.3. The molecule has 4 atom stereocenters. The Morgan fingerprint density at radius 3 is 2.03 bits per heavy atom. The van der Waals surface area contributed by atoms with Crippen LogP contribution >= 0.6 is 0 Å². The molecule has 0 aliphatic carbocycles. The van der Waals surface area contributed by atoms with Crippen molar-refractivity contribution in [2.24, 2.45) is 5.92 Å². The van der Waals surface area contributed by atoms with Crippen molar-refractivity contribution >= 4 is 24.0 Å². The molecule has 2 aromatic heterocycles. The second kappa shape index (κ2) is 19.2. The van der Waals surface area contributed by atoms with Crippen LogP contribution in [0, 0.1) is 5.92 Å². The van der Waals surface area contributed by atoms with Gasteiger partial charge >= 0.3 is 12.2 Å². The fourth-order valence-electron chi connectivity index (χ4n) is 7.98. The molecular formula is C43H57N9O6. The number of aromatic amines is 2. The number of carbonyl (C=O) groups is 4. The number of unbranched alkanes of at least 4 members (excludes halogenated alkanes) is 1. The van der Waals surface area contributed by atoms with Gasteiger partial charge in [-0.2, -0.15) is 0 Å². The fourth-order valence-corrected chi connectivity index (χ4v) is 7.98. The standard InChI is InChI=1S/C43H57N9O6/c1-7-8-21-52(36(53)26-46-42(55)57-5)40(50-22-9-11-28(50)4)39-45-25-34(48-39)32-19-15-30(16-20-32)29-13-17-31(18-14-29)33-24-44-38(47-33)35-12-10-23-51(35)41(54)37(27(2)3)49-43(56)58-6/h13-20,24-25,27-28,35,37,40H,7-12,21-23,26H2,1-6H3,(H,44,47)(H,45,48)(H,46,55)(H,49,56)/t28-,35+,37+,40?/m1/s1. The lowest BCUT2D eigenvalue weighted by molar-refractivity contribution is -0.138. The lowest BCUT2D eigenvalue weighted by Crippen LogP contribution is -2.51. The summed E-state index contributed by atoms with van der Waals surface area (Å²) in [6.07, 6.45) is 7.39. The molecule has 6 rings (SSSR count). The minimum atomic E-state index is -0.690. The molecule has 2 aliphatic rings. The summed E-state index contributed by atoms with van der Waals surface area (Å²) in [7, 11) is 2.57. The number of nitrogens with zero attached hydrogens (tertiary/aromatic N) is 5. The molecule has 0 saturated carbocycles. The number of benzene rings is 2. The van der Waals surface area contributed by atoms with E-state index in [0.29, 0.717) is 18.9 Å². The molecule has 15 nitrogen and oxygen atoms in total. The zero-order valence-corrected chi connectivity index (χ0v) is 34.4. The third-order valence-corrected chi connectivity index (χ3v) is 11.3. The van der Waals surface area contributed by atoms with Gasteiger partial charge in [-0.3, -0.25) is 14.5 Å². The van der Waals surface area contributed by atoms with Gasteiger partial charge in [0.05, 0.1) is 44.0 Å². The highest BCUT2D eigenvalue weighted by molar-refractivity contribution is 5.86. The van der Waals surface area contributed by atoms with Crippen LogP contribution in [-0.2, 0) is 19.1 Å². The first-order valence-corrected chi connectivity index (χ1v) is 20.4. The van der Waals surface area contributed by atoms with Gasteiger partial charge in [0.1, 0.15) is 30.4 Å². The van der Waals surface area contributed by atoms with E-state index in [1.165, 1.54) is 14.2 Å². The second-order valence-corrected chi connectivity index (χ2v) is 15.5. The average Bonchev–Trinajstić information content (AvgIpc) is 4.08. The number of hydrogen-bond acceptors (Lipinski definition) is 9. The van der Waals surface area contributed by atoms with Gasteiger partial charge in [0.2, 0.25) is 11.8 Å². The summed E-state index contributed by atoms with van der Waals surface area (Å²) in [6.45, 7) is 9.89. The van der Waals surface area contributed by atoms with E-state index in [2.05, 4.69) is 92.9 Å². The van der Waals surface area contributed by atoms with Crippen molar-refractivity contribution in [3.63, 3.8) is 0 Å². The molecule has 4 N–H and O–H groups in total. The van der Waals surface area contributed by atoms with Crippen molar-refractivity contribution in [1.82, 2.24) is 45.3 Å². The zero-order chi connectivity index (χ0) is 41.3. The van der Waals surface area contributed by atoms with E-state index in [1.807, 2.05) is 29.8 Å². The largest absolute Gasteiger partial charge is 0.453 e. The van der Waals surface area contributed by atoms with Crippen LogP contribution in [0.2, 0.25) is 0 Å². The zero-order valence-electron chi connectivity index (χ0n) is 34.4. The second-order valence-electron chi connectivity index (χ2n) is 15.5. The number of H-pyrrole nitrogens is 2. The molecule has 4 amide bonds. The fraction of sp³-hybridized carbons (Fsp3) is 0.488. The summed E-state index contributed by atoms with van der Waals surface area (Å²) in [4.78, 5) is 73.4. The first kappa shape index (κ1) is 41.9. The third kappa shape index (κ3) is 9.52. The van der Waals surface area contributed by atoms with Crippen LogP contribution in [0.4, 0.5) is 9.59 Å². The van der Waals surface area contributed by atoms with Crippen LogP contribution < -0.4 is 10.6 Å². The van der Waals surface area contributed by atoms with E-state index < -0.39 is 24.4 Å². The molecule has 2 fully saturated rings. The Labute approximate surface area is 340 Å². The molecule has 0 spiro atoms. The van der Waals surface area contributed by atoms with Crippen molar-refractivity contribution in [2.45, 2.75) is 90.5 Å². The molecule has 2 aliphatic heterocycles. The number of likely N-dealkylation sites (tertiary alicyclic amines) is 2. The molecule has 1 unspecified atom stereocenters. The van der Waals surface area contributed by atoms with Gasteiger partial charge in [0, 0.05) is 25.7 Å². The van der Waals surface area contributed by atoms with Gasteiger partial charge in [0.15, 0.2) is 0 Å². The van der Waals surface area contributed by atoms with Crippen molar-refractivity contribution in [3.05, 3.63) is 72.6 Å². The van der Waals surface area contributed by atoms with Crippen LogP contribution in [-0.4, -0.2) is 111 Å². The number of amides is 4. The van der Waals surface area contributed by atoms with Gasteiger partial charge in [-0.25, -0.2) is 19.6 Å². The molecule has 4 heterocycles. The molecule has 4 aromatic rings. The van der Waals surface area contributed by atoms with Crippen molar-refractivity contribution < 1.29 is 28.7 Å². The lowest BCUT2D eigenvalue weighted by Gasteiger charge is -2.39. The van der Waals surface area contributed by atoms with Crippen molar-refractivity contribution in [1.29, 1.82) is 0 Å². The number of ether oxygens (including phenoxy) is 2. The Morgan fingerprint density at radius 2 is 1.45 bits per heavy atom. The lowest BCUT2D eigenvalue weighted by atomic mass is 10.0. The number of carbonyl (C=O) groups excluding carboxylic acids is 4. The van der Waals surface area contributed by atoms with Crippen LogP contribution in [0.15, 0.2) is 60.9 Å². The van der Waals surface area contributed by atoms with Crippen molar-refractivity contribution in [3.8, 4) is 33.6 Å². The predicted octanol–water partition coefficient (Wildman–Crippen LogP) is 6.65. The number of rotatable bonds is 15. The molecule has 15 heteroatoms. The van der Waals surface area contributed by atoms with Crippen LogP contribution in [0.3, 0.4) is 0 Å². The molecular weight excluding hydrogens is 739 g/mol. The normalized spacial score (nSPS) is 17.9. The van der Waals surface area contributed by atoms with E-state index in [9.17, 15) is 19.2 Å². The van der Waals surface area contributed by atoms with E-state index >= 15 is 0 Å². The van der Waals surface area contributed by atoms with Gasteiger partial charge in [-0.1, -0.05) is 75.7 Å². The maximum absolute atomic E-state index is 13.6. The molecule has 0 radical (unpaired) electrons. The van der Waals surface area contributed by atoms with Gasteiger partial charge in [0.25, 0.3) is 0 Å². The van der Waals surface area contributed by atoms with Gasteiger partial charge < -0.3 is 39.9 Å². The average molecular weight is 796 g/mol. The Hall–Kier alpha value is -5.70. The molecule has 2 saturated heterocycles. The van der Waals surface area contributed by atoms with Crippen molar-refractivity contribution in [2.75, 3.05) is 40.4 Å². The highest BCUT2D eigenvalue weighted by Gasteiger charge is 2.39. The Bertz CT molecular complexity index is 2010. The summed E-state index contributed by atoms with van der Waals surface area (Å²) < 4.78 is 9.47. The first-order chi connectivity index (χ1) is 28.0. The van der Waals surface area contributed by atoms with Crippen LogP contribution in [0.1, 0.15) is 90.1 Å². The Balaban J connectivity index is 1.15. The highest BCUT2D eigenvalue weighted by atomic mass is 16.5. The number of aromatic nitrogens is 4. The molecule has 58 heavy (non-hydrogen) atoms. The number of alkyl carbamates (subject to hydrolysis) is 2. The topological polar surface area (TPSA) is 178 Å². The maximum atomic E-state index is 13.6. The van der Waals surface area contributed by atoms with Crippen LogP contribution in [0.5, 0.6) is 0 Å². The van der Waals surface area contributed by atoms with E-state index in [1.54, 1.807) is 6.20 Å².